The molecule has 1 aliphatic heterocycles. The maximum atomic E-state index is 13.2. The predicted molar refractivity (Wildman–Crippen MR) is 68.1 cm³/mol. The quantitative estimate of drug-likeness (QED) is 0.842. The van der Waals surface area contributed by atoms with E-state index in [9.17, 15) is 17.2 Å². The van der Waals surface area contributed by atoms with Crippen molar-refractivity contribution in [3.63, 3.8) is 0 Å². The van der Waals surface area contributed by atoms with Crippen LogP contribution in [0, 0.1) is 28.4 Å². The Labute approximate surface area is 116 Å². The van der Waals surface area contributed by atoms with Crippen LogP contribution in [0.25, 0.3) is 0 Å². The molecule has 0 N–H and O–H groups in total. The van der Waals surface area contributed by atoms with Crippen LogP contribution in [-0.2, 0) is 10.0 Å². The third kappa shape index (κ3) is 2.67. The van der Waals surface area contributed by atoms with Gasteiger partial charge in [-0.05, 0) is 38.0 Å². The Bertz CT molecular complexity index is 659. The molecule has 1 aromatic carbocycles. The number of nitriles is 1. The van der Waals surface area contributed by atoms with E-state index < -0.39 is 27.1 Å². The summed E-state index contributed by atoms with van der Waals surface area (Å²) in [6, 6.07) is 4.71. The van der Waals surface area contributed by atoms with Gasteiger partial charge < -0.3 is 0 Å². The first kappa shape index (κ1) is 14.9. The molecule has 108 valence electrons. The molecule has 0 bridgehead atoms. The van der Waals surface area contributed by atoms with Crippen LogP contribution in [0.4, 0.5) is 8.78 Å². The molecule has 0 aromatic heterocycles. The number of hydrogen-bond donors (Lipinski definition) is 0. The summed E-state index contributed by atoms with van der Waals surface area (Å²) in [5.41, 5.74) is -0.528. The van der Waals surface area contributed by atoms with Crippen LogP contribution in [0.15, 0.2) is 23.1 Å². The molecule has 0 aliphatic carbocycles. The Morgan fingerprint density at radius 2 is 1.85 bits per heavy atom. The van der Waals surface area contributed by atoms with Crippen LogP contribution >= 0.6 is 0 Å². The maximum Gasteiger partial charge on any atom is 0.243 e. The zero-order chi connectivity index (χ0) is 15.0. The van der Waals surface area contributed by atoms with Crippen molar-refractivity contribution in [2.75, 3.05) is 13.1 Å². The van der Waals surface area contributed by atoms with Crippen LogP contribution in [0.3, 0.4) is 0 Å². The lowest BCUT2D eigenvalue weighted by molar-refractivity contribution is 0.232. The highest BCUT2D eigenvalue weighted by Crippen LogP contribution is 2.32. The van der Waals surface area contributed by atoms with Gasteiger partial charge in [-0.15, -0.1) is 0 Å². The summed E-state index contributed by atoms with van der Waals surface area (Å²) < 4.78 is 51.8. The van der Waals surface area contributed by atoms with E-state index in [1.807, 2.05) is 0 Å². The van der Waals surface area contributed by atoms with Crippen molar-refractivity contribution in [3.8, 4) is 6.07 Å². The van der Waals surface area contributed by atoms with Gasteiger partial charge in [-0.1, -0.05) is 0 Å². The zero-order valence-corrected chi connectivity index (χ0v) is 11.8. The first-order valence-corrected chi connectivity index (χ1v) is 7.59. The van der Waals surface area contributed by atoms with Gasteiger partial charge in [0.15, 0.2) is 11.6 Å². The fourth-order valence-electron chi connectivity index (χ4n) is 2.12. The molecular weight excluding hydrogens is 286 g/mol. The standard InChI is InChI=1S/C13H14F2N2O2S/c1-13(9-16)4-6-17(7-5-13)20(18,19)10-2-3-11(14)12(15)8-10/h2-3,8H,4-7H2,1H3. The Balaban J connectivity index is 2.24. The SMILES string of the molecule is CC1(C#N)CCN(S(=O)(=O)c2ccc(F)c(F)c2)CC1. The first-order chi connectivity index (χ1) is 9.28. The number of nitrogens with zero attached hydrogens (tertiary/aromatic N) is 2. The minimum absolute atomic E-state index is 0.200. The van der Waals surface area contributed by atoms with Crippen molar-refractivity contribution >= 4 is 10.0 Å². The number of sulfonamides is 1. The van der Waals surface area contributed by atoms with E-state index in [0.29, 0.717) is 18.9 Å². The fraction of sp³-hybridized carbons (Fsp3) is 0.462. The lowest BCUT2D eigenvalue weighted by atomic mass is 9.83. The predicted octanol–water partition coefficient (Wildman–Crippen LogP) is 2.28. The molecule has 0 amide bonds. The van der Waals surface area contributed by atoms with E-state index in [1.54, 1.807) is 6.92 Å². The average Bonchev–Trinajstić information content (AvgIpc) is 2.42. The topological polar surface area (TPSA) is 61.2 Å². The van der Waals surface area contributed by atoms with Crippen molar-refractivity contribution in [1.82, 2.24) is 4.31 Å². The van der Waals surface area contributed by atoms with Crippen molar-refractivity contribution in [2.45, 2.75) is 24.7 Å². The van der Waals surface area contributed by atoms with Crippen molar-refractivity contribution < 1.29 is 17.2 Å². The Morgan fingerprint density at radius 3 is 2.35 bits per heavy atom. The second kappa shape index (κ2) is 5.11. The molecule has 1 aliphatic rings. The van der Waals surface area contributed by atoms with E-state index in [2.05, 4.69) is 6.07 Å². The van der Waals surface area contributed by atoms with Gasteiger partial charge in [-0.3, -0.25) is 0 Å². The van der Waals surface area contributed by atoms with E-state index in [4.69, 9.17) is 5.26 Å². The Hall–Kier alpha value is -1.52. The summed E-state index contributed by atoms with van der Waals surface area (Å²) >= 11 is 0. The second-order valence-corrected chi connectivity index (χ2v) is 7.09. The van der Waals surface area contributed by atoms with Gasteiger partial charge in [0.1, 0.15) is 0 Å². The largest absolute Gasteiger partial charge is 0.243 e. The van der Waals surface area contributed by atoms with Gasteiger partial charge in [-0.2, -0.15) is 9.57 Å². The molecule has 0 radical (unpaired) electrons. The van der Waals surface area contributed by atoms with Crippen molar-refractivity contribution in [2.24, 2.45) is 5.41 Å². The maximum absolute atomic E-state index is 13.2. The lowest BCUT2D eigenvalue weighted by Gasteiger charge is -2.34. The van der Waals surface area contributed by atoms with E-state index in [1.165, 1.54) is 4.31 Å². The molecule has 0 spiro atoms. The van der Waals surface area contributed by atoms with Gasteiger partial charge in [0.05, 0.1) is 16.4 Å². The minimum atomic E-state index is -3.84. The molecule has 20 heavy (non-hydrogen) atoms. The van der Waals surface area contributed by atoms with Crippen molar-refractivity contribution in [3.05, 3.63) is 29.8 Å². The number of hydrogen-bond acceptors (Lipinski definition) is 3. The Morgan fingerprint density at radius 1 is 1.25 bits per heavy atom. The average molecular weight is 300 g/mol. The normalized spacial score (nSPS) is 19.5. The van der Waals surface area contributed by atoms with Crippen molar-refractivity contribution in [1.29, 1.82) is 5.26 Å². The molecule has 1 saturated heterocycles. The molecule has 0 atom stereocenters. The summed E-state index contributed by atoms with van der Waals surface area (Å²) in [5, 5.41) is 9.01. The lowest BCUT2D eigenvalue weighted by Crippen LogP contribution is -2.41. The summed E-state index contributed by atoms with van der Waals surface area (Å²) in [4.78, 5) is -0.267. The first-order valence-electron chi connectivity index (χ1n) is 6.15. The highest BCUT2D eigenvalue weighted by Gasteiger charge is 2.35. The molecule has 2 rings (SSSR count). The molecule has 1 heterocycles. The van der Waals surface area contributed by atoms with Gasteiger partial charge in [0, 0.05) is 13.1 Å². The molecule has 4 nitrogen and oxygen atoms in total. The summed E-state index contributed by atoms with van der Waals surface area (Å²) in [5.74, 6) is -2.27. The van der Waals surface area contributed by atoms with Crippen LogP contribution in [0.2, 0.25) is 0 Å². The third-order valence-electron chi connectivity index (χ3n) is 3.62. The monoisotopic (exact) mass is 300 g/mol. The smallest absolute Gasteiger partial charge is 0.207 e. The zero-order valence-electron chi connectivity index (χ0n) is 10.9. The highest BCUT2D eigenvalue weighted by molar-refractivity contribution is 7.89. The van der Waals surface area contributed by atoms with E-state index in [-0.39, 0.29) is 18.0 Å². The van der Waals surface area contributed by atoms with Crippen LogP contribution < -0.4 is 0 Å². The second-order valence-electron chi connectivity index (χ2n) is 5.15. The van der Waals surface area contributed by atoms with Gasteiger partial charge in [0.25, 0.3) is 0 Å². The minimum Gasteiger partial charge on any atom is -0.207 e. The fourth-order valence-corrected chi connectivity index (χ4v) is 3.57. The highest BCUT2D eigenvalue weighted by atomic mass is 32.2. The molecule has 0 saturated carbocycles. The van der Waals surface area contributed by atoms with Gasteiger partial charge >= 0.3 is 0 Å². The van der Waals surface area contributed by atoms with Gasteiger partial charge in [0.2, 0.25) is 10.0 Å². The van der Waals surface area contributed by atoms with E-state index >= 15 is 0 Å². The molecule has 0 unspecified atom stereocenters. The third-order valence-corrected chi connectivity index (χ3v) is 5.52. The number of halogens is 2. The number of piperidine rings is 1. The van der Waals surface area contributed by atoms with Crippen LogP contribution in [0.5, 0.6) is 0 Å². The summed E-state index contributed by atoms with van der Waals surface area (Å²) in [6.07, 6.45) is 0.846. The number of benzene rings is 1. The molecular formula is C13H14F2N2O2S. The molecule has 7 heteroatoms. The van der Waals surface area contributed by atoms with Gasteiger partial charge in [-0.25, -0.2) is 17.2 Å². The Kier molecular flexibility index (Phi) is 3.80. The molecule has 1 fully saturated rings. The van der Waals surface area contributed by atoms with E-state index in [0.717, 1.165) is 12.1 Å². The van der Waals surface area contributed by atoms with Crippen LogP contribution in [0.1, 0.15) is 19.8 Å². The number of rotatable bonds is 2. The summed E-state index contributed by atoms with van der Waals surface area (Å²) in [7, 11) is -3.84. The molecule has 1 aromatic rings. The van der Waals surface area contributed by atoms with Crippen LogP contribution in [-0.4, -0.2) is 25.8 Å². The summed E-state index contributed by atoms with van der Waals surface area (Å²) in [6.45, 7) is 2.19.